The molecule has 1 saturated heterocycles. The smallest absolute Gasteiger partial charge is 0.323 e. The normalized spacial score (nSPS) is 19.1. The Morgan fingerprint density at radius 1 is 1.30 bits per heavy atom. The average Bonchev–Trinajstić information content (AvgIpc) is 3.05. The van der Waals surface area contributed by atoms with Crippen molar-refractivity contribution in [3.8, 4) is 5.69 Å². The highest BCUT2D eigenvalue weighted by molar-refractivity contribution is 6.07. The fourth-order valence-electron chi connectivity index (χ4n) is 2.97. The van der Waals surface area contributed by atoms with Gasteiger partial charge in [-0.15, -0.1) is 5.10 Å². The van der Waals surface area contributed by atoms with Gasteiger partial charge in [-0.1, -0.05) is 11.3 Å². The fourth-order valence-corrected chi connectivity index (χ4v) is 2.97. The predicted octanol–water partition coefficient (Wildman–Crippen LogP) is 1.38. The van der Waals surface area contributed by atoms with Crippen molar-refractivity contribution in [1.29, 1.82) is 0 Å². The molecule has 2 heterocycles. The minimum Gasteiger partial charge on any atom is -0.323 e. The summed E-state index contributed by atoms with van der Waals surface area (Å²) in [5.74, 6) is -0.574. The lowest BCUT2D eigenvalue weighted by molar-refractivity contribution is -0.134. The first kappa shape index (κ1) is 13.9. The summed E-state index contributed by atoms with van der Waals surface area (Å²) < 4.78 is 14.7. The summed E-state index contributed by atoms with van der Waals surface area (Å²) in [6.07, 6.45) is 3.89. The van der Waals surface area contributed by atoms with Crippen LogP contribution in [0.5, 0.6) is 0 Å². The van der Waals surface area contributed by atoms with E-state index < -0.39 is 11.6 Å². The third kappa shape index (κ3) is 2.18. The monoisotopic (exact) mass is 315 g/mol. The van der Waals surface area contributed by atoms with E-state index in [-0.39, 0.29) is 18.3 Å². The largest absolute Gasteiger partial charge is 0.325 e. The predicted molar refractivity (Wildman–Crippen MR) is 77.0 cm³/mol. The highest BCUT2D eigenvalue weighted by Gasteiger charge is 2.54. The molecule has 2 fully saturated rings. The van der Waals surface area contributed by atoms with Gasteiger partial charge >= 0.3 is 6.03 Å². The van der Waals surface area contributed by atoms with Crippen LogP contribution in [0, 0.1) is 5.82 Å². The molecule has 0 radical (unpaired) electrons. The SMILES string of the molecule is O=C1NC2(CCC2)C(=O)N1Cc1cn(-c2cccc(F)c2)nn1. The van der Waals surface area contributed by atoms with E-state index in [9.17, 15) is 14.0 Å². The second-order valence-electron chi connectivity index (χ2n) is 5.89. The van der Waals surface area contributed by atoms with Crippen LogP contribution in [-0.4, -0.2) is 37.4 Å². The number of carbonyl (C=O) groups is 2. The van der Waals surface area contributed by atoms with E-state index in [2.05, 4.69) is 15.6 Å². The summed E-state index contributed by atoms with van der Waals surface area (Å²) in [5.41, 5.74) is 0.292. The van der Waals surface area contributed by atoms with E-state index in [1.807, 2.05) is 0 Å². The quantitative estimate of drug-likeness (QED) is 0.868. The van der Waals surface area contributed by atoms with Crippen molar-refractivity contribution in [2.45, 2.75) is 31.3 Å². The van der Waals surface area contributed by atoms with Crippen LogP contribution in [-0.2, 0) is 11.3 Å². The maximum absolute atomic E-state index is 13.3. The molecule has 1 aliphatic carbocycles. The molecule has 118 valence electrons. The van der Waals surface area contributed by atoms with Gasteiger partial charge in [0.25, 0.3) is 5.91 Å². The first-order valence-corrected chi connectivity index (χ1v) is 7.39. The van der Waals surface area contributed by atoms with Gasteiger partial charge in [0, 0.05) is 0 Å². The third-order valence-corrected chi connectivity index (χ3v) is 4.39. The lowest BCUT2D eigenvalue weighted by Gasteiger charge is -2.34. The molecule has 1 N–H and O–H groups in total. The summed E-state index contributed by atoms with van der Waals surface area (Å²) in [4.78, 5) is 25.6. The molecule has 8 heteroatoms. The molecule has 1 saturated carbocycles. The van der Waals surface area contributed by atoms with Gasteiger partial charge in [0.05, 0.1) is 18.4 Å². The Hall–Kier alpha value is -2.77. The molecule has 1 aromatic heterocycles. The minimum absolute atomic E-state index is 0.0573. The van der Waals surface area contributed by atoms with Gasteiger partial charge in [0.15, 0.2) is 0 Å². The number of hydrogen-bond acceptors (Lipinski definition) is 4. The van der Waals surface area contributed by atoms with Crippen LogP contribution in [0.1, 0.15) is 25.0 Å². The van der Waals surface area contributed by atoms with Gasteiger partial charge in [-0.25, -0.2) is 13.9 Å². The summed E-state index contributed by atoms with van der Waals surface area (Å²) >= 11 is 0. The van der Waals surface area contributed by atoms with Crippen molar-refractivity contribution in [3.05, 3.63) is 42.0 Å². The summed E-state index contributed by atoms with van der Waals surface area (Å²) in [6, 6.07) is 5.54. The lowest BCUT2D eigenvalue weighted by atomic mass is 9.77. The van der Waals surface area contributed by atoms with E-state index in [1.54, 1.807) is 18.3 Å². The standard InChI is InChI=1S/C15H14FN5O2/c16-10-3-1-4-12(7-10)21-9-11(18-19-21)8-20-13(22)15(5-2-6-15)17-14(20)23/h1,3-4,7,9H,2,5-6,8H2,(H,17,23). The van der Waals surface area contributed by atoms with Crippen LogP contribution >= 0.6 is 0 Å². The number of amides is 3. The van der Waals surface area contributed by atoms with Gasteiger partial charge < -0.3 is 5.32 Å². The zero-order valence-electron chi connectivity index (χ0n) is 12.2. The summed E-state index contributed by atoms with van der Waals surface area (Å²) in [7, 11) is 0. The number of nitrogens with one attached hydrogen (secondary N) is 1. The average molecular weight is 315 g/mol. The van der Waals surface area contributed by atoms with E-state index in [1.165, 1.54) is 21.7 Å². The number of benzene rings is 1. The first-order valence-electron chi connectivity index (χ1n) is 7.39. The molecule has 4 rings (SSSR count). The van der Waals surface area contributed by atoms with Crippen LogP contribution in [0.2, 0.25) is 0 Å². The van der Waals surface area contributed by atoms with Crippen LogP contribution in [0.4, 0.5) is 9.18 Å². The maximum atomic E-state index is 13.3. The van der Waals surface area contributed by atoms with Crippen molar-refractivity contribution in [3.63, 3.8) is 0 Å². The van der Waals surface area contributed by atoms with Crippen LogP contribution in [0.3, 0.4) is 0 Å². The molecule has 0 bridgehead atoms. The molecular weight excluding hydrogens is 301 g/mol. The Balaban J connectivity index is 1.54. The van der Waals surface area contributed by atoms with Gasteiger partial charge in [-0.2, -0.15) is 0 Å². The Bertz CT molecular complexity index is 799. The molecule has 2 aromatic rings. The number of carbonyl (C=O) groups excluding carboxylic acids is 2. The number of nitrogens with zero attached hydrogens (tertiary/aromatic N) is 4. The highest BCUT2D eigenvalue weighted by Crippen LogP contribution is 2.37. The Morgan fingerprint density at radius 3 is 2.78 bits per heavy atom. The Labute approximate surface area is 131 Å². The van der Waals surface area contributed by atoms with Gasteiger partial charge in [0.1, 0.15) is 17.1 Å². The lowest BCUT2D eigenvalue weighted by Crippen LogP contribution is -2.52. The number of imide groups is 1. The van der Waals surface area contributed by atoms with Crippen LogP contribution in [0.25, 0.3) is 5.69 Å². The Morgan fingerprint density at radius 2 is 2.13 bits per heavy atom. The van der Waals surface area contributed by atoms with E-state index in [0.29, 0.717) is 24.2 Å². The molecule has 23 heavy (non-hydrogen) atoms. The zero-order valence-corrected chi connectivity index (χ0v) is 12.2. The topological polar surface area (TPSA) is 80.1 Å². The number of aromatic nitrogens is 3. The highest BCUT2D eigenvalue weighted by atomic mass is 19.1. The maximum Gasteiger partial charge on any atom is 0.325 e. The number of halogens is 1. The molecular formula is C15H14FN5O2. The molecule has 1 spiro atoms. The molecule has 7 nitrogen and oxygen atoms in total. The number of urea groups is 1. The minimum atomic E-state index is -0.699. The van der Waals surface area contributed by atoms with Crippen LogP contribution in [0.15, 0.2) is 30.5 Å². The molecule has 0 unspecified atom stereocenters. The molecule has 2 aliphatic rings. The number of rotatable bonds is 3. The van der Waals surface area contributed by atoms with Crippen LogP contribution < -0.4 is 5.32 Å². The summed E-state index contributed by atoms with van der Waals surface area (Å²) in [5, 5.41) is 10.6. The van der Waals surface area contributed by atoms with Crippen molar-refractivity contribution in [2.75, 3.05) is 0 Å². The molecule has 0 atom stereocenters. The van der Waals surface area contributed by atoms with Gasteiger partial charge in [-0.05, 0) is 37.5 Å². The van der Waals surface area contributed by atoms with E-state index in [4.69, 9.17) is 0 Å². The third-order valence-electron chi connectivity index (χ3n) is 4.39. The fraction of sp³-hybridized carbons (Fsp3) is 0.333. The second-order valence-corrected chi connectivity index (χ2v) is 5.89. The zero-order chi connectivity index (χ0) is 16.0. The van der Waals surface area contributed by atoms with E-state index in [0.717, 1.165) is 6.42 Å². The molecule has 1 aromatic carbocycles. The van der Waals surface area contributed by atoms with Crippen molar-refractivity contribution >= 4 is 11.9 Å². The van der Waals surface area contributed by atoms with E-state index >= 15 is 0 Å². The van der Waals surface area contributed by atoms with Gasteiger partial charge in [0.2, 0.25) is 0 Å². The van der Waals surface area contributed by atoms with Gasteiger partial charge in [-0.3, -0.25) is 9.69 Å². The van der Waals surface area contributed by atoms with Crippen molar-refractivity contribution in [1.82, 2.24) is 25.2 Å². The number of hydrogen-bond donors (Lipinski definition) is 1. The van der Waals surface area contributed by atoms with Crippen molar-refractivity contribution in [2.24, 2.45) is 0 Å². The molecule has 3 amide bonds. The summed E-state index contributed by atoms with van der Waals surface area (Å²) in [6.45, 7) is 0.0573. The Kier molecular flexibility index (Phi) is 2.93. The second kappa shape index (κ2) is 4.87. The molecule has 1 aliphatic heterocycles. The first-order chi connectivity index (χ1) is 11.1. The van der Waals surface area contributed by atoms with Crippen molar-refractivity contribution < 1.29 is 14.0 Å².